The van der Waals surface area contributed by atoms with Crippen LogP contribution in [-0.2, 0) is 6.54 Å². The second-order valence-electron chi connectivity index (χ2n) is 6.49. The maximum absolute atomic E-state index is 5.68. The van der Waals surface area contributed by atoms with E-state index in [0.29, 0.717) is 11.5 Å². The molecule has 2 aromatic heterocycles. The summed E-state index contributed by atoms with van der Waals surface area (Å²) in [6.45, 7) is 7.49. The van der Waals surface area contributed by atoms with Gasteiger partial charge in [0.15, 0.2) is 5.76 Å². The number of aromatic nitrogens is 2. The molecule has 2 aromatic rings. The van der Waals surface area contributed by atoms with E-state index in [9.17, 15) is 0 Å². The summed E-state index contributed by atoms with van der Waals surface area (Å²) in [5.74, 6) is 1.79. The van der Waals surface area contributed by atoms with E-state index in [1.807, 2.05) is 25.3 Å². The van der Waals surface area contributed by atoms with Crippen LogP contribution in [-0.4, -0.2) is 16.2 Å². The van der Waals surface area contributed by atoms with Crippen LogP contribution in [0, 0.1) is 12.3 Å². The molecule has 1 saturated carbocycles. The maximum atomic E-state index is 5.68. The largest absolute Gasteiger partial charge is 0.460 e. The van der Waals surface area contributed by atoms with Gasteiger partial charge in [0.05, 0.1) is 6.20 Å². The quantitative estimate of drug-likeness (QED) is 0.894. The van der Waals surface area contributed by atoms with Crippen molar-refractivity contribution in [3.63, 3.8) is 0 Å². The number of hydrogen-bond acceptors (Lipinski definition) is 3. The maximum Gasteiger partial charge on any atom is 0.152 e. The van der Waals surface area contributed by atoms with Crippen LogP contribution in [0.2, 0.25) is 0 Å². The Morgan fingerprint density at radius 3 is 2.95 bits per heavy atom. The van der Waals surface area contributed by atoms with Gasteiger partial charge >= 0.3 is 0 Å². The van der Waals surface area contributed by atoms with E-state index in [4.69, 9.17) is 4.42 Å². The summed E-state index contributed by atoms with van der Waals surface area (Å²) in [6, 6.07) is 4.56. The van der Waals surface area contributed by atoms with Gasteiger partial charge in [-0.1, -0.05) is 20.3 Å². The van der Waals surface area contributed by atoms with Crippen LogP contribution >= 0.6 is 0 Å². The van der Waals surface area contributed by atoms with Gasteiger partial charge in [0.1, 0.15) is 11.5 Å². The van der Waals surface area contributed by atoms with Gasteiger partial charge in [-0.2, -0.15) is 5.10 Å². The number of aryl methyl sites for hydroxylation is 1. The summed E-state index contributed by atoms with van der Waals surface area (Å²) in [4.78, 5) is 0. The third-order valence-corrected chi connectivity index (χ3v) is 4.50. The van der Waals surface area contributed by atoms with Crippen molar-refractivity contribution in [2.24, 2.45) is 5.41 Å². The minimum absolute atomic E-state index is 0.394. The lowest BCUT2D eigenvalue weighted by Gasteiger charge is -2.27. The Labute approximate surface area is 120 Å². The van der Waals surface area contributed by atoms with Crippen molar-refractivity contribution < 1.29 is 4.42 Å². The fourth-order valence-electron chi connectivity index (χ4n) is 3.17. The molecule has 0 spiro atoms. The monoisotopic (exact) mass is 273 g/mol. The van der Waals surface area contributed by atoms with E-state index in [1.165, 1.54) is 24.8 Å². The molecular formula is C16H23N3O. The molecule has 0 aliphatic heterocycles. The summed E-state index contributed by atoms with van der Waals surface area (Å²) >= 11 is 0. The molecule has 2 heterocycles. The molecule has 0 radical (unpaired) electrons. The first-order valence-electron chi connectivity index (χ1n) is 7.39. The third kappa shape index (κ3) is 2.52. The topological polar surface area (TPSA) is 53.9 Å². The van der Waals surface area contributed by atoms with Crippen molar-refractivity contribution in [2.45, 2.75) is 52.6 Å². The zero-order chi connectivity index (χ0) is 14.2. The van der Waals surface area contributed by atoms with Gasteiger partial charge in [-0.3, -0.25) is 5.10 Å². The lowest BCUT2D eigenvalue weighted by atomic mass is 9.87. The molecule has 20 heavy (non-hydrogen) atoms. The standard InChI is InChI=1S/C16H23N3O/c1-11-6-7-13(20-11)15-12(10-18-19-15)9-17-14-5-4-8-16(14,2)3/h6-7,10,14,17H,4-5,8-9H2,1-3H3,(H,18,19). The predicted octanol–water partition coefficient (Wildman–Crippen LogP) is 3.65. The van der Waals surface area contributed by atoms with Gasteiger partial charge in [0.2, 0.25) is 0 Å². The Bertz CT molecular complexity index is 582. The SMILES string of the molecule is Cc1ccc(-c2[nH]ncc2CNC2CCCC2(C)C)o1. The Morgan fingerprint density at radius 1 is 1.45 bits per heavy atom. The van der Waals surface area contributed by atoms with Crippen LogP contribution in [0.3, 0.4) is 0 Å². The first kappa shape index (κ1) is 13.4. The lowest BCUT2D eigenvalue weighted by Crippen LogP contribution is -2.37. The van der Waals surface area contributed by atoms with Crippen LogP contribution in [0.5, 0.6) is 0 Å². The van der Waals surface area contributed by atoms with Crippen molar-refractivity contribution in [2.75, 3.05) is 0 Å². The van der Waals surface area contributed by atoms with Crippen molar-refractivity contribution >= 4 is 0 Å². The summed E-state index contributed by atoms with van der Waals surface area (Å²) in [7, 11) is 0. The van der Waals surface area contributed by atoms with Crippen LogP contribution in [0.15, 0.2) is 22.7 Å². The molecule has 4 nitrogen and oxygen atoms in total. The molecule has 4 heteroatoms. The Balaban J connectivity index is 1.71. The van der Waals surface area contributed by atoms with E-state index in [2.05, 4.69) is 29.4 Å². The van der Waals surface area contributed by atoms with Gasteiger partial charge < -0.3 is 9.73 Å². The van der Waals surface area contributed by atoms with Crippen LogP contribution < -0.4 is 5.32 Å². The van der Waals surface area contributed by atoms with Gasteiger partial charge in [-0.15, -0.1) is 0 Å². The summed E-state index contributed by atoms with van der Waals surface area (Å²) < 4.78 is 5.68. The third-order valence-electron chi connectivity index (χ3n) is 4.50. The first-order chi connectivity index (χ1) is 9.56. The molecule has 0 aromatic carbocycles. The van der Waals surface area contributed by atoms with Crippen LogP contribution in [0.4, 0.5) is 0 Å². The normalized spacial score (nSPS) is 21.4. The van der Waals surface area contributed by atoms with Gasteiger partial charge in [0.25, 0.3) is 0 Å². The van der Waals surface area contributed by atoms with E-state index in [1.54, 1.807) is 0 Å². The smallest absolute Gasteiger partial charge is 0.152 e. The molecule has 3 rings (SSSR count). The summed E-state index contributed by atoms with van der Waals surface area (Å²) in [5, 5.41) is 10.9. The molecule has 2 N–H and O–H groups in total. The molecule has 1 aliphatic rings. The number of hydrogen-bond donors (Lipinski definition) is 2. The zero-order valence-corrected chi connectivity index (χ0v) is 12.5. The van der Waals surface area contributed by atoms with Crippen molar-refractivity contribution in [1.82, 2.24) is 15.5 Å². The Morgan fingerprint density at radius 2 is 2.30 bits per heavy atom. The molecule has 1 atom stereocenters. The van der Waals surface area contributed by atoms with Crippen molar-refractivity contribution in [1.29, 1.82) is 0 Å². The molecule has 0 bridgehead atoms. The van der Waals surface area contributed by atoms with Crippen molar-refractivity contribution in [3.05, 3.63) is 29.7 Å². The Hall–Kier alpha value is -1.55. The van der Waals surface area contributed by atoms with Gasteiger partial charge in [0, 0.05) is 18.2 Å². The predicted molar refractivity (Wildman–Crippen MR) is 79.3 cm³/mol. The molecule has 0 saturated heterocycles. The molecule has 1 aliphatic carbocycles. The highest BCUT2D eigenvalue weighted by Crippen LogP contribution is 2.37. The highest BCUT2D eigenvalue weighted by Gasteiger charge is 2.34. The number of aromatic amines is 1. The fraction of sp³-hybridized carbons (Fsp3) is 0.562. The molecule has 108 valence electrons. The average Bonchev–Trinajstić information content (AvgIpc) is 3.07. The van der Waals surface area contributed by atoms with Crippen molar-refractivity contribution in [3.8, 4) is 11.5 Å². The minimum Gasteiger partial charge on any atom is -0.460 e. The Kier molecular flexibility index (Phi) is 3.42. The van der Waals surface area contributed by atoms with E-state index >= 15 is 0 Å². The zero-order valence-electron chi connectivity index (χ0n) is 12.5. The first-order valence-corrected chi connectivity index (χ1v) is 7.39. The van der Waals surface area contributed by atoms with Gasteiger partial charge in [-0.25, -0.2) is 0 Å². The highest BCUT2D eigenvalue weighted by molar-refractivity contribution is 5.56. The number of H-pyrrole nitrogens is 1. The van der Waals surface area contributed by atoms with E-state index in [0.717, 1.165) is 23.8 Å². The average molecular weight is 273 g/mol. The highest BCUT2D eigenvalue weighted by atomic mass is 16.3. The molecule has 1 unspecified atom stereocenters. The lowest BCUT2D eigenvalue weighted by molar-refractivity contribution is 0.282. The second-order valence-corrected chi connectivity index (χ2v) is 6.49. The minimum atomic E-state index is 0.394. The molecule has 1 fully saturated rings. The van der Waals surface area contributed by atoms with Crippen LogP contribution in [0.1, 0.15) is 44.4 Å². The summed E-state index contributed by atoms with van der Waals surface area (Å²) in [5.41, 5.74) is 2.55. The summed E-state index contributed by atoms with van der Waals surface area (Å²) in [6.07, 6.45) is 5.78. The van der Waals surface area contributed by atoms with E-state index in [-0.39, 0.29) is 0 Å². The molecule has 0 amide bonds. The second kappa shape index (κ2) is 5.09. The fourth-order valence-corrected chi connectivity index (χ4v) is 3.17. The number of furan rings is 1. The van der Waals surface area contributed by atoms with E-state index < -0.39 is 0 Å². The van der Waals surface area contributed by atoms with Gasteiger partial charge in [-0.05, 0) is 37.3 Å². The number of nitrogens with one attached hydrogen (secondary N) is 2. The van der Waals surface area contributed by atoms with Crippen LogP contribution in [0.25, 0.3) is 11.5 Å². The molecular weight excluding hydrogens is 250 g/mol. The number of rotatable bonds is 4. The number of nitrogens with zero attached hydrogens (tertiary/aromatic N) is 1.